The van der Waals surface area contributed by atoms with Crippen LogP contribution in [0, 0.1) is 6.92 Å². The van der Waals surface area contributed by atoms with E-state index < -0.39 is 0 Å². The van der Waals surface area contributed by atoms with Crippen LogP contribution in [-0.4, -0.2) is 59.5 Å². The van der Waals surface area contributed by atoms with Crippen molar-refractivity contribution < 1.29 is 4.79 Å². The van der Waals surface area contributed by atoms with Gasteiger partial charge in [0.05, 0.1) is 6.54 Å². The number of nitrogens with one attached hydrogen (secondary N) is 2. The normalized spacial score (nSPS) is 20.0. The van der Waals surface area contributed by atoms with E-state index in [2.05, 4.69) is 25.1 Å². The summed E-state index contributed by atoms with van der Waals surface area (Å²) >= 11 is 0. The molecule has 0 spiro atoms. The highest BCUT2D eigenvalue weighted by atomic mass is 16.2. The van der Waals surface area contributed by atoms with Crippen molar-refractivity contribution in [2.75, 3.05) is 37.6 Å². The van der Waals surface area contributed by atoms with E-state index in [1.54, 1.807) is 0 Å². The Balaban J connectivity index is 1.48. The maximum atomic E-state index is 12.1. The summed E-state index contributed by atoms with van der Waals surface area (Å²) in [6.07, 6.45) is 4.69. The molecule has 2 N–H and O–H groups in total. The van der Waals surface area contributed by atoms with Crippen molar-refractivity contribution in [1.29, 1.82) is 0 Å². The van der Waals surface area contributed by atoms with Crippen molar-refractivity contribution >= 4 is 11.9 Å². The Morgan fingerprint density at radius 1 is 1.30 bits per heavy atom. The first-order chi connectivity index (χ1) is 11.1. The molecular formula is C16H25N5O2. The third-order valence-corrected chi connectivity index (χ3v) is 4.62. The van der Waals surface area contributed by atoms with Crippen LogP contribution in [0.25, 0.3) is 0 Å². The van der Waals surface area contributed by atoms with E-state index >= 15 is 0 Å². The number of carbonyl (C=O) groups is 1. The van der Waals surface area contributed by atoms with Gasteiger partial charge in [0.15, 0.2) is 0 Å². The first-order valence-corrected chi connectivity index (χ1v) is 8.45. The van der Waals surface area contributed by atoms with E-state index in [0.29, 0.717) is 18.5 Å². The van der Waals surface area contributed by atoms with E-state index in [1.807, 2.05) is 6.92 Å². The Hall–Kier alpha value is -1.89. The third kappa shape index (κ3) is 4.31. The number of aromatic nitrogens is 2. The number of piperazine rings is 1. The number of carbonyl (C=O) groups excluding carboxylic acids is 1. The van der Waals surface area contributed by atoms with Crippen LogP contribution in [0.4, 0.5) is 5.95 Å². The lowest BCUT2D eigenvalue weighted by atomic mass is 10.2. The van der Waals surface area contributed by atoms with Gasteiger partial charge in [-0.25, -0.2) is 4.98 Å². The van der Waals surface area contributed by atoms with Crippen LogP contribution < -0.4 is 15.8 Å². The Morgan fingerprint density at radius 2 is 2.00 bits per heavy atom. The van der Waals surface area contributed by atoms with E-state index in [9.17, 15) is 9.59 Å². The lowest BCUT2D eigenvalue weighted by Crippen LogP contribution is -2.51. The summed E-state index contributed by atoms with van der Waals surface area (Å²) in [6, 6.07) is 1.87. The largest absolute Gasteiger partial charge is 0.352 e. The van der Waals surface area contributed by atoms with Crippen LogP contribution in [0.2, 0.25) is 0 Å². The molecule has 1 aromatic rings. The van der Waals surface area contributed by atoms with E-state index in [-0.39, 0.29) is 11.5 Å². The molecule has 1 saturated heterocycles. The molecule has 0 radical (unpaired) electrons. The van der Waals surface area contributed by atoms with Gasteiger partial charge in [-0.15, -0.1) is 0 Å². The van der Waals surface area contributed by atoms with Crippen molar-refractivity contribution in [1.82, 2.24) is 20.2 Å². The molecule has 2 aliphatic rings. The fourth-order valence-corrected chi connectivity index (χ4v) is 3.38. The summed E-state index contributed by atoms with van der Waals surface area (Å²) in [7, 11) is 0. The van der Waals surface area contributed by atoms with Crippen LogP contribution in [0.15, 0.2) is 10.9 Å². The molecule has 0 bridgehead atoms. The Bertz CT molecular complexity index is 601. The van der Waals surface area contributed by atoms with Gasteiger partial charge in [0, 0.05) is 44.0 Å². The number of anilines is 1. The molecule has 0 aromatic carbocycles. The molecule has 7 heteroatoms. The molecule has 1 saturated carbocycles. The molecule has 1 amide bonds. The van der Waals surface area contributed by atoms with Crippen LogP contribution in [0.1, 0.15) is 31.4 Å². The molecule has 23 heavy (non-hydrogen) atoms. The maximum Gasteiger partial charge on any atom is 0.252 e. The fraction of sp³-hybridized carbons (Fsp3) is 0.688. The van der Waals surface area contributed by atoms with Gasteiger partial charge < -0.3 is 10.2 Å². The summed E-state index contributed by atoms with van der Waals surface area (Å²) in [4.78, 5) is 35.0. The standard InChI is InChI=1S/C16H25N5O2/c1-12-10-14(22)19-16(17-12)21-8-6-20(7-9-21)11-15(23)18-13-4-2-3-5-13/h10,13H,2-9,11H2,1H3,(H,18,23)(H,17,19,22). The SMILES string of the molecule is Cc1cc(=O)[nH]c(N2CCN(CC(=O)NC3CCCC3)CC2)n1. The topological polar surface area (TPSA) is 81.3 Å². The van der Waals surface area contributed by atoms with Gasteiger partial charge in [0.2, 0.25) is 11.9 Å². The minimum atomic E-state index is -0.120. The predicted octanol–water partition coefficient (Wildman–Crippen LogP) is 0.259. The Labute approximate surface area is 136 Å². The highest BCUT2D eigenvalue weighted by Crippen LogP contribution is 2.17. The van der Waals surface area contributed by atoms with Gasteiger partial charge in [-0.2, -0.15) is 0 Å². The molecular weight excluding hydrogens is 294 g/mol. The van der Waals surface area contributed by atoms with E-state index in [0.717, 1.165) is 44.7 Å². The van der Waals surface area contributed by atoms with Crippen molar-refractivity contribution in [3.05, 3.63) is 22.1 Å². The van der Waals surface area contributed by atoms with Crippen LogP contribution >= 0.6 is 0 Å². The number of nitrogens with zero attached hydrogens (tertiary/aromatic N) is 3. The first-order valence-electron chi connectivity index (χ1n) is 8.45. The highest BCUT2D eigenvalue weighted by molar-refractivity contribution is 5.78. The smallest absolute Gasteiger partial charge is 0.252 e. The fourth-order valence-electron chi connectivity index (χ4n) is 3.38. The lowest BCUT2D eigenvalue weighted by molar-refractivity contribution is -0.123. The molecule has 2 fully saturated rings. The van der Waals surface area contributed by atoms with Crippen molar-refractivity contribution in [2.24, 2.45) is 0 Å². The van der Waals surface area contributed by atoms with Gasteiger partial charge in [-0.05, 0) is 19.8 Å². The number of aryl methyl sites for hydroxylation is 1. The minimum absolute atomic E-state index is 0.120. The lowest BCUT2D eigenvalue weighted by Gasteiger charge is -2.34. The molecule has 2 heterocycles. The second-order valence-electron chi connectivity index (χ2n) is 6.52. The van der Waals surface area contributed by atoms with Crippen LogP contribution in [0.3, 0.4) is 0 Å². The monoisotopic (exact) mass is 319 g/mol. The van der Waals surface area contributed by atoms with Gasteiger partial charge in [0.25, 0.3) is 5.56 Å². The van der Waals surface area contributed by atoms with E-state index in [1.165, 1.54) is 18.9 Å². The molecule has 3 rings (SSSR count). The van der Waals surface area contributed by atoms with E-state index in [4.69, 9.17) is 0 Å². The quantitative estimate of drug-likeness (QED) is 0.832. The van der Waals surface area contributed by atoms with Crippen molar-refractivity contribution in [3.63, 3.8) is 0 Å². The second-order valence-corrected chi connectivity index (χ2v) is 6.52. The molecule has 0 atom stereocenters. The molecule has 0 unspecified atom stereocenters. The summed E-state index contributed by atoms with van der Waals surface area (Å²) in [5, 5.41) is 3.13. The van der Waals surface area contributed by atoms with Gasteiger partial charge in [-0.3, -0.25) is 19.5 Å². The number of rotatable bonds is 4. The molecule has 126 valence electrons. The van der Waals surface area contributed by atoms with Gasteiger partial charge in [0.1, 0.15) is 0 Å². The second kappa shape index (κ2) is 7.12. The molecule has 1 aromatic heterocycles. The van der Waals surface area contributed by atoms with Gasteiger partial charge >= 0.3 is 0 Å². The minimum Gasteiger partial charge on any atom is -0.352 e. The average molecular weight is 319 g/mol. The Morgan fingerprint density at radius 3 is 2.65 bits per heavy atom. The summed E-state index contributed by atoms with van der Waals surface area (Å²) in [5.41, 5.74) is 0.605. The molecule has 1 aliphatic heterocycles. The maximum absolute atomic E-state index is 12.1. The van der Waals surface area contributed by atoms with Crippen molar-refractivity contribution in [3.8, 4) is 0 Å². The zero-order valence-corrected chi connectivity index (χ0v) is 13.7. The number of hydrogen-bond donors (Lipinski definition) is 2. The average Bonchev–Trinajstić information content (AvgIpc) is 2.99. The van der Waals surface area contributed by atoms with Crippen LogP contribution in [-0.2, 0) is 4.79 Å². The van der Waals surface area contributed by atoms with Gasteiger partial charge in [-0.1, -0.05) is 12.8 Å². The molecule has 1 aliphatic carbocycles. The zero-order valence-electron chi connectivity index (χ0n) is 13.7. The Kier molecular flexibility index (Phi) is 4.95. The zero-order chi connectivity index (χ0) is 16.2. The molecule has 7 nitrogen and oxygen atoms in total. The van der Waals surface area contributed by atoms with Crippen molar-refractivity contribution in [2.45, 2.75) is 38.6 Å². The number of hydrogen-bond acceptors (Lipinski definition) is 5. The summed E-state index contributed by atoms with van der Waals surface area (Å²) in [6.45, 7) is 5.42. The van der Waals surface area contributed by atoms with Crippen LogP contribution in [0.5, 0.6) is 0 Å². The third-order valence-electron chi connectivity index (χ3n) is 4.62. The number of amides is 1. The predicted molar refractivity (Wildman–Crippen MR) is 88.6 cm³/mol. The number of H-pyrrole nitrogens is 1. The first kappa shape index (κ1) is 16.0. The highest BCUT2D eigenvalue weighted by Gasteiger charge is 2.22. The number of aromatic amines is 1. The summed E-state index contributed by atoms with van der Waals surface area (Å²) < 4.78 is 0. The summed E-state index contributed by atoms with van der Waals surface area (Å²) in [5.74, 6) is 0.762.